The number of hydrogen-bond donors (Lipinski definition) is 0. The number of fused-ring (bicyclic) bond motifs is 1. The predicted octanol–water partition coefficient (Wildman–Crippen LogP) is 3.82. The Morgan fingerprint density at radius 3 is 2.71 bits per heavy atom. The van der Waals surface area contributed by atoms with Gasteiger partial charge in [0.1, 0.15) is 0 Å². The molecule has 2 aliphatic rings. The van der Waals surface area contributed by atoms with Crippen molar-refractivity contribution in [3.63, 3.8) is 0 Å². The van der Waals surface area contributed by atoms with Crippen LogP contribution in [0.4, 0.5) is 0 Å². The lowest BCUT2D eigenvalue weighted by molar-refractivity contribution is -0.127. The van der Waals surface area contributed by atoms with Crippen LogP contribution in [0.15, 0.2) is 40.9 Å². The van der Waals surface area contributed by atoms with Gasteiger partial charge in [0.2, 0.25) is 12.7 Å². The fourth-order valence-corrected chi connectivity index (χ4v) is 4.22. The molecule has 2 aliphatic heterocycles. The summed E-state index contributed by atoms with van der Waals surface area (Å²) >= 11 is 0. The number of amides is 1. The van der Waals surface area contributed by atoms with Crippen molar-refractivity contribution in [3.05, 3.63) is 47.8 Å². The van der Waals surface area contributed by atoms with E-state index in [2.05, 4.69) is 10.1 Å². The van der Waals surface area contributed by atoms with E-state index >= 15 is 0 Å². The maximum absolute atomic E-state index is 12.7. The molecule has 5 rings (SSSR count). The summed E-state index contributed by atoms with van der Waals surface area (Å²) in [4.78, 5) is 19.1. The Labute approximate surface area is 197 Å². The lowest BCUT2D eigenvalue weighted by atomic mass is 10.1. The molecule has 1 aromatic heterocycles. The number of rotatable bonds is 9. The second-order valence-electron chi connectivity index (χ2n) is 8.16. The predicted molar refractivity (Wildman–Crippen MR) is 122 cm³/mol. The molecule has 1 amide bonds. The topological polar surface area (TPSA) is 96.2 Å². The Hall–Kier alpha value is -3.75. The third kappa shape index (κ3) is 4.50. The number of nitrogens with zero attached hydrogens (tertiary/aromatic N) is 3. The van der Waals surface area contributed by atoms with Crippen molar-refractivity contribution in [1.29, 1.82) is 0 Å². The van der Waals surface area contributed by atoms with Gasteiger partial charge in [0.05, 0.1) is 13.2 Å². The second kappa shape index (κ2) is 9.62. The van der Waals surface area contributed by atoms with Crippen molar-refractivity contribution in [2.24, 2.45) is 0 Å². The fraction of sp³-hybridized carbons (Fsp3) is 0.400. The molecule has 1 atom stereocenters. The number of hydrogen-bond acceptors (Lipinski definition) is 8. The van der Waals surface area contributed by atoms with E-state index in [9.17, 15) is 4.79 Å². The first-order chi connectivity index (χ1) is 16.6. The molecule has 0 radical (unpaired) electrons. The van der Waals surface area contributed by atoms with Gasteiger partial charge in [0.25, 0.3) is 5.89 Å². The van der Waals surface area contributed by atoms with Gasteiger partial charge in [0, 0.05) is 31.0 Å². The maximum atomic E-state index is 12.7. The molecule has 0 N–H and O–H groups in total. The zero-order valence-electron chi connectivity index (χ0n) is 19.3. The van der Waals surface area contributed by atoms with Crippen molar-refractivity contribution in [1.82, 2.24) is 15.0 Å². The molecule has 0 aliphatic carbocycles. The number of likely N-dealkylation sites (tertiary alicyclic amines) is 1. The Kier molecular flexibility index (Phi) is 6.24. The van der Waals surface area contributed by atoms with Crippen molar-refractivity contribution in [2.45, 2.75) is 32.6 Å². The van der Waals surface area contributed by atoms with Gasteiger partial charge in [-0.1, -0.05) is 11.2 Å². The van der Waals surface area contributed by atoms with E-state index in [0.29, 0.717) is 55.9 Å². The largest absolute Gasteiger partial charge is 0.490 e. The lowest BCUT2D eigenvalue weighted by Gasteiger charge is -2.17. The van der Waals surface area contributed by atoms with Crippen molar-refractivity contribution in [2.75, 3.05) is 33.1 Å². The quantitative estimate of drug-likeness (QED) is 0.471. The minimum Gasteiger partial charge on any atom is -0.490 e. The molecule has 1 unspecified atom stereocenters. The molecule has 2 aromatic carbocycles. The van der Waals surface area contributed by atoms with Gasteiger partial charge in [-0.05, 0) is 56.2 Å². The summed E-state index contributed by atoms with van der Waals surface area (Å²) < 4.78 is 27.6. The monoisotopic (exact) mass is 465 g/mol. The summed E-state index contributed by atoms with van der Waals surface area (Å²) in [6.45, 7) is 6.42. The van der Waals surface area contributed by atoms with E-state index in [4.69, 9.17) is 23.5 Å². The first-order valence-electron chi connectivity index (χ1n) is 11.5. The summed E-state index contributed by atoms with van der Waals surface area (Å²) in [5.74, 6) is 3.76. The first kappa shape index (κ1) is 22.1. The highest BCUT2D eigenvalue weighted by Gasteiger charge is 2.33. The molecule has 0 spiro atoms. The Bertz CT molecular complexity index is 1180. The van der Waals surface area contributed by atoms with Crippen LogP contribution in [0, 0.1) is 0 Å². The fourth-order valence-electron chi connectivity index (χ4n) is 4.22. The van der Waals surface area contributed by atoms with Gasteiger partial charge in [-0.3, -0.25) is 4.79 Å². The number of carbonyl (C=O) groups is 1. The molecule has 9 heteroatoms. The van der Waals surface area contributed by atoms with Crippen molar-refractivity contribution < 1.29 is 28.3 Å². The first-order valence-corrected chi connectivity index (χ1v) is 11.5. The van der Waals surface area contributed by atoms with Crippen LogP contribution in [-0.4, -0.2) is 54.0 Å². The maximum Gasteiger partial charge on any atom is 0.258 e. The van der Waals surface area contributed by atoms with E-state index in [1.807, 2.05) is 55.1 Å². The van der Waals surface area contributed by atoms with Gasteiger partial charge >= 0.3 is 0 Å². The van der Waals surface area contributed by atoms with Crippen LogP contribution in [0.1, 0.15) is 37.6 Å². The molecular weight excluding hydrogens is 438 g/mol. The van der Waals surface area contributed by atoms with Gasteiger partial charge in [-0.25, -0.2) is 0 Å². The van der Waals surface area contributed by atoms with E-state index in [1.165, 1.54) is 0 Å². The van der Waals surface area contributed by atoms with Gasteiger partial charge in [-0.15, -0.1) is 0 Å². The molecule has 9 nitrogen and oxygen atoms in total. The zero-order chi connectivity index (χ0) is 23.5. The van der Waals surface area contributed by atoms with Crippen molar-refractivity contribution in [3.8, 4) is 34.5 Å². The number of carbonyl (C=O) groups excluding carboxylic acids is 1. The summed E-state index contributed by atoms with van der Waals surface area (Å²) in [7, 11) is 0. The molecule has 1 saturated heterocycles. The number of benzene rings is 2. The van der Waals surface area contributed by atoms with Gasteiger partial charge in [0.15, 0.2) is 28.8 Å². The Morgan fingerprint density at radius 2 is 1.85 bits per heavy atom. The third-order valence-electron chi connectivity index (χ3n) is 5.92. The molecule has 178 valence electrons. The lowest BCUT2D eigenvalue weighted by Crippen LogP contribution is -2.27. The molecule has 3 heterocycles. The van der Waals surface area contributed by atoms with Crippen LogP contribution < -0.4 is 18.9 Å². The Balaban J connectivity index is 1.22. The van der Waals surface area contributed by atoms with E-state index in [0.717, 1.165) is 29.0 Å². The van der Waals surface area contributed by atoms with Crippen molar-refractivity contribution >= 4 is 5.91 Å². The molecule has 34 heavy (non-hydrogen) atoms. The SMILES string of the molecule is CCOc1ccc(CCN2CC(c3noc(-c4ccc5c(c4)OCO5)n3)CC2=O)cc1OCC. The van der Waals surface area contributed by atoms with Crippen LogP contribution in [0.2, 0.25) is 0 Å². The van der Waals surface area contributed by atoms with Crippen LogP contribution in [0.5, 0.6) is 23.0 Å². The van der Waals surface area contributed by atoms with Gasteiger partial charge in [-0.2, -0.15) is 4.98 Å². The van der Waals surface area contributed by atoms with Crippen LogP contribution in [0.3, 0.4) is 0 Å². The Morgan fingerprint density at radius 1 is 1.03 bits per heavy atom. The highest BCUT2D eigenvalue weighted by molar-refractivity contribution is 5.79. The molecule has 0 saturated carbocycles. The van der Waals surface area contributed by atoms with Crippen LogP contribution in [-0.2, 0) is 11.2 Å². The number of ether oxygens (including phenoxy) is 4. The van der Waals surface area contributed by atoms with Crippen LogP contribution in [0.25, 0.3) is 11.5 Å². The molecule has 0 bridgehead atoms. The molecule has 1 fully saturated rings. The highest BCUT2D eigenvalue weighted by atomic mass is 16.7. The standard InChI is InChI=1S/C25H27N3O6/c1-3-30-19-7-5-16(11-21(19)31-4-2)9-10-28-14-18(13-23(28)29)24-26-25(34-27-24)17-6-8-20-22(12-17)33-15-32-20/h5-8,11-12,18H,3-4,9-10,13-15H2,1-2H3. The van der Waals surface area contributed by atoms with E-state index < -0.39 is 0 Å². The van der Waals surface area contributed by atoms with E-state index in [-0.39, 0.29) is 18.6 Å². The summed E-state index contributed by atoms with van der Waals surface area (Å²) in [6, 6.07) is 11.4. The third-order valence-corrected chi connectivity index (χ3v) is 5.92. The zero-order valence-corrected chi connectivity index (χ0v) is 19.3. The average molecular weight is 466 g/mol. The summed E-state index contributed by atoms with van der Waals surface area (Å²) in [5.41, 5.74) is 1.84. The molecular formula is C25H27N3O6. The summed E-state index contributed by atoms with van der Waals surface area (Å²) in [6.07, 6.45) is 1.09. The second-order valence-corrected chi connectivity index (χ2v) is 8.16. The highest BCUT2D eigenvalue weighted by Crippen LogP contribution is 2.36. The normalized spacial score (nSPS) is 16.8. The smallest absolute Gasteiger partial charge is 0.258 e. The molecule has 3 aromatic rings. The minimum absolute atomic E-state index is 0.0930. The van der Waals surface area contributed by atoms with Crippen LogP contribution >= 0.6 is 0 Å². The summed E-state index contributed by atoms with van der Waals surface area (Å²) in [5, 5.41) is 4.15. The minimum atomic E-state index is -0.0988. The van der Waals surface area contributed by atoms with E-state index in [1.54, 1.807) is 0 Å². The number of aromatic nitrogens is 2. The van der Waals surface area contributed by atoms with Gasteiger partial charge < -0.3 is 28.4 Å². The average Bonchev–Trinajstić information content (AvgIpc) is 3.58.